The van der Waals surface area contributed by atoms with Gasteiger partial charge in [-0.15, -0.1) is 23.4 Å². The molecule has 23 heavy (non-hydrogen) atoms. The third-order valence-electron chi connectivity index (χ3n) is 3.14. The zero-order valence-electron chi connectivity index (χ0n) is 11.5. The third-order valence-corrected chi connectivity index (χ3v) is 5.18. The van der Waals surface area contributed by atoms with Gasteiger partial charge in [-0.25, -0.2) is 13.2 Å². The third kappa shape index (κ3) is 4.20. The minimum atomic E-state index is -2.84. The minimum Gasteiger partial charge on any atom is -0.324 e. The number of hydrogen-bond donors (Lipinski definition) is 1. The lowest BCUT2D eigenvalue weighted by Gasteiger charge is -2.12. The smallest absolute Gasteiger partial charge is 0.286 e. The lowest BCUT2D eigenvalue weighted by molar-refractivity contribution is -0.115. The summed E-state index contributed by atoms with van der Waals surface area (Å²) in [6, 6.07) is 2.74. The van der Waals surface area contributed by atoms with E-state index in [0.29, 0.717) is 4.57 Å². The number of anilines is 1. The van der Waals surface area contributed by atoms with Crippen LogP contribution in [0.3, 0.4) is 0 Å². The van der Waals surface area contributed by atoms with Crippen molar-refractivity contribution < 1.29 is 18.0 Å². The summed E-state index contributed by atoms with van der Waals surface area (Å²) < 4.78 is 38.8. The maximum atomic E-state index is 13.5. The van der Waals surface area contributed by atoms with E-state index in [1.165, 1.54) is 0 Å². The highest BCUT2D eigenvalue weighted by Gasteiger charge is 2.37. The first-order valence-corrected chi connectivity index (χ1v) is 7.88. The number of alkyl halides is 3. The standard InChI is InChI=1S/C13H11ClF3N3O2S/c14-7-2-9(23-10(7)3-18)12(21)19-6-1-8(15)13(22)20(4-6)5-11(16)17/h1,4,7,9-11H,2,5H2,(H,19,21). The van der Waals surface area contributed by atoms with Gasteiger partial charge in [0.25, 0.3) is 12.0 Å². The number of nitriles is 1. The van der Waals surface area contributed by atoms with Gasteiger partial charge in [0, 0.05) is 12.3 Å². The van der Waals surface area contributed by atoms with Gasteiger partial charge >= 0.3 is 0 Å². The van der Waals surface area contributed by atoms with Crippen molar-refractivity contribution in [2.45, 2.75) is 35.3 Å². The van der Waals surface area contributed by atoms with Gasteiger partial charge in [0.1, 0.15) is 5.25 Å². The highest BCUT2D eigenvalue weighted by molar-refractivity contribution is 8.01. The molecule has 0 bridgehead atoms. The van der Waals surface area contributed by atoms with Gasteiger partial charge in [0.2, 0.25) is 5.91 Å². The first-order valence-electron chi connectivity index (χ1n) is 6.50. The second-order valence-electron chi connectivity index (χ2n) is 4.84. The Hall–Kier alpha value is -1.66. The van der Waals surface area contributed by atoms with Crippen molar-refractivity contribution in [1.29, 1.82) is 5.26 Å². The molecule has 5 nitrogen and oxygen atoms in total. The number of carbonyl (C=O) groups is 1. The molecule has 0 spiro atoms. The summed E-state index contributed by atoms with van der Waals surface area (Å²) in [5, 5.41) is 9.60. The van der Waals surface area contributed by atoms with Crippen molar-refractivity contribution >= 4 is 35.0 Å². The van der Waals surface area contributed by atoms with Crippen LogP contribution in [0, 0.1) is 17.1 Å². The number of aromatic nitrogens is 1. The van der Waals surface area contributed by atoms with Crippen LogP contribution in [-0.4, -0.2) is 32.8 Å². The highest BCUT2D eigenvalue weighted by atomic mass is 35.5. The molecule has 2 rings (SSSR count). The quantitative estimate of drug-likeness (QED) is 0.830. The molecule has 0 aromatic carbocycles. The average molecular weight is 366 g/mol. The van der Waals surface area contributed by atoms with Crippen LogP contribution in [0.1, 0.15) is 6.42 Å². The van der Waals surface area contributed by atoms with E-state index in [-0.39, 0.29) is 12.1 Å². The van der Waals surface area contributed by atoms with E-state index in [4.69, 9.17) is 16.9 Å². The maximum Gasteiger partial charge on any atom is 0.286 e. The number of nitrogens with zero attached hydrogens (tertiary/aromatic N) is 2. The number of carbonyl (C=O) groups excluding carboxylic acids is 1. The molecule has 1 aliphatic heterocycles. The molecule has 1 fully saturated rings. The number of pyridine rings is 1. The average Bonchev–Trinajstić information content (AvgIpc) is 2.85. The first-order chi connectivity index (χ1) is 10.8. The Morgan fingerprint density at radius 1 is 1.61 bits per heavy atom. The summed E-state index contributed by atoms with van der Waals surface area (Å²) in [7, 11) is 0. The topological polar surface area (TPSA) is 74.9 Å². The molecule has 1 amide bonds. The van der Waals surface area contributed by atoms with Gasteiger partial charge in [-0.2, -0.15) is 5.26 Å². The summed E-state index contributed by atoms with van der Waals surface area (Å²) in [4.78, 5) is 23.5. The minimum absolute atomic E-state index is 0.111. The summed E-state index contributed by atoms with van der Waals surface area (Å²) in [5.41, 5.74) is -1.30. The molecule has 3 unspecified atom stereocenters. The number of halogens is 4. The molecule has 1 N–H and O–H groups in total. The van der Waals surface area contributed by atoms with E-state index in [2.05, 4.69) is 5.32 Å². The summed E-state index contributed by atoms with van der Waals surface area (Å²) >= 11 is 7.02. The largest absolute Gasteiger partial charge is 0.324 e. The number of amides is 1. The molecule has 1 aliphatic rings. The predicted molar refractivity (Wildman–Crippen MR) is 80.3 cm³/mol. The fraction of sp³-hybridized carbons (Fsp3) is 0.462. The van der Waals surface area contributed by atoms with Gasteiger partial charge < -0.3 is 9.88 Å². The van der Waals surface area contributed by atoms with Crippen molar-refractivity contribution in [3.8, 4) is 6.07 Å². The normalized spacial score (nSPS) is 23.7. The zero-order valence-corrected chi connectivity index (χ0v) is 13.1. The second-order valence-corrected chi connectivity index (χ2v) is 6.75. The number of thioether (sulfide) groups is 1. The number of hydrogen-bond acceptors (Lipinski definition) is 4. The number of nitrogens with one attached hydrogen (secondary N) is 1. The number of rotatable bonds is 4. The molecule has 3 atom stereocenters. The zero-order chi connectivity index (χ0) is 17.1. The SMILES string of the molecule is N#CC1SC(C(=O)Nc2cc(F)c(=O)n(CC(F)F)c2)CC1Cl. The van der Waals surface area contributed by atoms with E-state index in [1.807, 2.05) is 6.07 Å². The van der Waals surface area contributed by atoms with Crippen LogP contribution in [0.15, 0.2) is 17.1 Å². The molecule has 1 saturated heterocycles. The van der Waals surface area contributed by atoms with Gasteiger partial charge in [0.15, 0.2) is 5.82 Å². The fourth-order valence-corrected chi connectivity index (χ4v) is 3.82. The molecule has 0 saturated carbocycles. The first kappa shape index (κ1) is 17.7. The maximum absolute atomic E-state index is 13.5. The Balaban J connectivity index is 2.14. The van der Waals surface area contributed by atoms with Crippen LogP contribution in [0.2, 0.25) is 0 Å². The molecule has 2 heterocycles. The molecule has 1 aromatic heterocycles. The van der Waals surface area contributed by atoms with Crippen LogP contribution in [0.4, 0.5) is 18.9 Å². The van der Waals surface area contributed by atoms with E-state index in [1.54, 1.807) is 0 Å². The van der Waals surface area contributed by atoms with Crippen molar-refractivity contribution in [2.24, 2.45) is 0 Å². The summed E-state index contributed by atoms with van der Waals surface area (Å²) in [6.45, 7) is -0.974. The van der Waals surface area contributed by atoms with E-state index in [9.17, 15) is 22.8 Å². The molecular weight excluding hydrogens is 355 g/mol. The van der Waals surface area contributed by atoms with Gasteiger partial charge in [-0.3, -0.25) is 9.59 Å². The Kier molecular flexibility index (Phi) is 5.59. The molecule has 0 radical (unpaired) electrons. The lowest BCUT2D eigenvalue weighted by atomic mass is 10.2. The molecular formula is C13H11ClF3N3O2S. The van der Waals surface area contributed by atoms with E-state index in [0.717, 1.165) is 24.0 Å². The van der Waals surface area contributed by atoms with Crippen LogP contribution >= 0.6 is 23.4 Å². The molecule has 1 aromatic rings. The van der Waals surface area contributed by atoms with Crippen LogP contribution in [0.5, 0.6) is 0 Å². The lowest BCUT2D eigenvalue weighted by Crippen LogP contribution is -2.28. The second kappa shape index (κ2) is 7.27. The van der Waals surface area contributed by atoms with Gasteiger partial charge in [-0.05, 0) is 6.42 Å². The molecule has 10 heteroatoms. The molecule has 0 aliphatic carbocycles. The van der Waals surface area contributed by atoms with E-state index < -0.39 is 46.1 Å². The predicted octanol–water partition coefficient (Wildman–Crippen LogP) is 2.20. The van der Waals surface area contributed by atoms with Crippen molar-refractivity contribution in [1.82, 2.24) is 4.57 Å². The fourth-order valence-electron chi connectivity index (χ4n) is 2.10. The monoisotopic (exact) mass is 365 g/mol. The van der Waals surface area contributed by atoms with Crippen LogP contribution in [0.25, 0.3) is 0 Å². The van der Waals surface area contributed by atoms with E-state index >= 15 is 0 Å². The Morgan fingerprint density at radius 3 is 2.87 bits per heavy atom. The summed E-state index contributed by atoms with van der Waals surface area (Å²) in [6.07, 6.45) is -1.62. The van der Waals surface area contributed by atoms with Crippen molar-refractivity contribution in [3.63, 3.8) is 0 Å². The van der Waals surface area contributed by atoms with Gasteiger partial charge in [-0.1, -0.05) is 0 Å². The summed E-state index contributed by atoms with van der Waals surface area (Å²) in [5.74, 6) is -1.77. The Labute approximate surface area is 138 Å². The van der Waals surface area contributed by atoms with Crippen LogP contribution in [-0.2, 0) is 11.3 Å². The van der Waals surface area contributed by atoms with Crippen LogP contribution < -0.4 is 10.9 Å². The van der Waals surface area contributed by atoms with Crippen molar-refractivity contribution in [3.05, 3.63) is 28.4 Å². The molecule has 124 valence electrons. The Bertz CT molecular complexity index is 707. The highest BCUT2D eigenvalue weighted by Crippen LogP contribution is 2.37. The van der Waals surface area contributed by atoms with Crippen molar-refractivity contribution in [2.75, 3.05) is 5.32 Å². The Morgan fingerprint density at radius 2 is 2.30 bits per heavy atom. The van der Waals surface area contributed by atoms with Gasteiger partial charge in [0.05, 0.1) is 28.9 Å².